The summed E-state index contributed by atoms with van der Waals surface area (Å²) in [6, 6.07) is 16.0. The van der Waals surface area contributed by atoms with Crippen molar-refractivity contribution in [3.63, 3.8) is 0 Å². The van der Waals surface area contributed by atoms with Crippen LogP contribution in [0, 0.1) is 6.92 Å². The van der Waals surface area contributed by atoms with Crippen LogP contribution >= 0.6 is 0 Å². The van der Waals surface area contributed by atoms with Gasteiger partial charge in [-0.25, -0.2) is 4.98 Å². The second kappa shape index (κ2) is 9.03. The van der Waals surface area contributed by atoms with Gasteiger partial charge in [0.15, 0.2) is 5.96 Å². The summed E-state index contributed by atoms with van der Waals surface area (Å²) in [6.45, 7) is 3.26. The fourth-order valence-corrected chi connectivity index (χ4v) is 2.79. The van der Waals surface area contributed by atoms with Crippen molar-refractivity contribution in [3.8, 4) is 11.5 Å². The predicted molar refractivity (Wildman–Crippen MR) is 110 cm³/mol. The molecule has 0 spiro atoms. The molecule has 0 aliphatic heterocycles. The van der Waals surface area contributed by atoms with Gasteiger partial charge in [0.25, 0.3) is 0 Å². The number of hydrogen-bond donors (Lipinski definition) is 1. The normalized spacial score (nSPS) is 11.4. The monoisotopic (exact) mass is 378 g/mol. The molecule has 1 aromatic heterocycles. The molecular formula is C21H26N6O. The van der Waals surface area contributed by atoms with Crippen molar-refractivity contribution in [1.82, 2.24) is 25.0 Å². The van der Waals surface area contributed by atoms with E-state index in [1.807, 2.05) is 67.5 Å². The number of ether oxygens (including phenoxy) is 1. The van der Waals surface area contributed by atoms with Crippen LogP contribution in [0.25, 0.3) is 0 Å². The molecule has 7 heteroatoms. The lowest BCUT2D eigenvalue weighted by atomic mass is 10.2. The van der Waals surface area contributed by atoms with Crippen molar-refractivity contribution in [2.45, 2.75) is 20.0 Å². The first-order chi connectivity index (χ1) is 13.6. The van der Waals surface area contributed by atoms with Gasteiger partial charge in [0.1, 0.15) is 23.7 Å². The van der Waals surface area contributed by atoms with Crippen molar-refractivity contribution in [2.75, 3.05) is 14.1 Å². The molecule has 1 N–H and O–H groups in total. The number of nitrogens with zero attached hydrogens (tertiary/aromatic N) is 5. The highest BCUT2D eigenvalue weighted by molar-refractivity contribution is 5.79. The lowest BCUT2D eigenvalue weighted by Gasteiger charge is -2.22. The van der Waals surface area contributed by atoms with Crippen LogP contribution in [-0.2, 0) is 20.1 Å². The smallest absolute Gasteiger partial charge is 0.194 e. The van der Waals surface area contributed by atoms with Gasteiger partial charge in [-0.2, -0.15) is 5.10 Å². The van der Waals surface area contributed by atoms with E-state index >= 15 is 0 Å². The first-order valence-corrected chi connectivity index (χ1v) is 9.14. The predicted octanol–water partition coefficient (Wildman–Crippen LogP) is 3.12. The van der Waals surface area contributed by atoms with E-state index in [0.717, 1.165) is 28.8 Å². The average Bonchev–Trinajstić information content (AvgIpc) is 3.10. The summed E-state index contributed by atoms with van der Waals surface area (Å²) in [4.78, 5) is 10.6. The fourth-order valence-electron chi connectivity index (χ4n) is 2.79. The Morgan fingerprint density at radius 1 is 1.18 bits per heavy atom. The molecule has 0 bridgehead atoms. The zero-order valence-corrected chi connectivity index (χ0v) is 16.8. The Labute approximate surface area is 165 Å². The largest absolute Gasteiger partial charge is 0.457 e. The summed E-state index contributed by atoms with van der Waals surface area (Å²) in [5.41, 5.74) is 2.26. The van der Waals surface area contributed by atoms with Gasteiger partial charge in [-0.15, -0.1) is 0 Å². The molecule has 0 amide bonds. The van der Waals surface area contributed by atoms with Crippen LogP contribution in [0.2, 0.25) is 0 Å². The van der Waals surface area contributed by atoms with Gasteiger partial charge in [-0.05, 0) is 25.1 Å². The third-order valence-corrected chi connectivity index (χ3v) is 4.42. The van der Waals surface area contributed by atoms with Gasteiger partial charge < -0.3 is 15.0 Å². The minimum atomic E-state index is 0.595. The van der Waals surface area contributed by atoms with Crippen LogP contribution in [0.15, 0.2) is 59.9 Å². The van der Waals surface area contributed by atoms with Crippen LogP contribution in [0.4, 0.5) is 0 Å². The van der Waals surface area contributed by atoms with Crippen LogP contribution < -0.4 is 10.1 Å². The molecule has 0 saturated carbocycles. The van der Waals surface area contributed by atoms with Gasteiger partial charge in [0.2, 0.25) is 0 Å². The van der Waals surface area contributed by atoms with Gasteiger partial charge in [0, 0.05) is 33.3 Å². The number of hydrogen-bond acceptors (Lipinski definition) is 4. The molecule has 0 aliphatic carbocycles. The Bertz CT molecular complexity index is 932. The third kappa shape index (κ3) is 4.88. The number of aliphatic imine (C=N–C) groups is 1. The molecule has 3 aromatic rings. The highest BCUT2D eigenvalue weighted by atomic mass is 16.5. The lowest BCUT2D eigenvalue weighted by molar-refractivity contribution is 0.445. The molecule has 28 heavy (non-hydrogen) atoms. The lowest BCUT2D eigenvalue weighted by Crippen LogP contribution is -2.38. The molecule has 0 fully saturated rings. The highest BCUT2D eigenvalue weighted by Gasteiger charge is 2.11. The molecule has 3 rings (SSSR count). The zero-order chi connectivity index (χ0) is 19.9. The topological polar surface area (TPSA) is 67.6 Å². The first-order valence-electron chi connectivity index (χ1n) is 9.14. The fraction of sp³-hybridized carbons (Fsp3) is 0.286. The molecule has 0 saturated heterocycles. The van der Waals surface area contributed by atoms with E-state index in [-0.39, 0.29) is 0 Å². The maximum Gasteiger partial charge on any atom is 0.194 e. The molecule has 7 nitrogen and oxygen atoms in total. The van der Waals surface area contributed by atoms with E-state index in [1.54, 1.807) is 18.1 Å². The Kier molecular flexibility index (Phi) is 6.26. The number of aromatic nitrogens is 3. The molecule has 1 heterocycles. The minimum Gasteiger partial charge on any atom is -0.457 e. The summed E-state index contributed by atoms with van der Waals surface area (Å²) in [5, 5.41) is 7.50. The second-order valence-electron chi connectivity index (χ2n) is 6.58. The van der Waals surface area contributed by atoms with Crippen molar-refractivity contribution in [1.29, 1.82) is 0 Å². The van der Waals surface area contributed by atoms with Crippen molar-refractivity contribution in [2.24, 2.45) is 12.0 Å². The third-order valence-electron chi connectivity index (χ3n) is 4.42. The highest BCUT2D eigenvalue weighted by Crippen LogP contribution is 2.25. The van der Waals surface area contributed by atoms with E-state index in [1.165, 1.54) is 5.56 Å². The van der Waals surface area contributed by atoms with Crippen molar-refractivity contribution in [3.05, 3.63) is 71.8 Å². The SMILES string of the molecule is CN=C(NCc1ccccc1Oc1ccc(C)cc1)N(C)Cc1ncnn1C. The van der Waals surface area contributed by atoms with E-state index in [9.17, 15) is 0 Å². The first kappa shape index (κ1) is 19.4. The molecule has 0 unspecified atom stereocenters. The number of aryl methyl sites for hydroxylation is 2. The Hall–Kier alpha value is -3.35. The zero-order valence-electron chi connectivity index (χ0n) is 16.8. The van der Waals surface area contributed by atoms with E-state index in [4.69, 9.17) is 4.74 Å². The molecule has 0 radical (unpaired) electrons. The van der Waals surface area contributed by atoms with Gasteiger partial charge >= 0.3 is 0 Å². The summed E-state index contributed by atoms with van der Waals surface area (Å²) in [7, 11) is 5.62. The van der Waals surface area contributed by atoms with Crippen LogP contribution in [0.1, 0.15) is 17.0 Å². The van der Waals surface area contributed by atoms with E-state index < -0.39 is 0 Å². The summed E-state index contributed by atoms with van der Waals surface area (Å²) < 4.78 is 7.84. The molecule has 0 aliphatic rings. The molecule has 146 valence electrons. The number of rotatable bonds is 6. The second-order valence-corrected chi connectivity index (χ2v) is 6.58. The minimum absolute atomic E-state index is 0.595. The summed E-state index contributed by atoms with van der Waals surface area (Å²) >= 11 is 0. The number of benzene rings is 2. The maximum absolute atomic E-state index is 6.08. The molecule has 2 aromatic carbocycles. The van der Waals surface area contributed by atoms with Gasteiger partial charge in [0.05, 0.1) is 6.54 Å². The van der Waals surface area contributed by atoms with Crippen LogP contribution in [-0.4, -0.2) is 39.7 Å². The average molecular weight is 378 g/mol. The summed E-state index contributed by atoms with van der Waals surface area (Å²) in [5.74, 6) is 3.29. The molecular weight excluding hydrogens is 352 g/mol. The van der Waals surface area contributed by atoms with Crippen molar-refractivity contribution < 1.29 is 4.74 Å². The van der Waals surface area contributed by atoms with E-state index in [0.29, 0.717) is 13.1 Å². The Morgan fingerprint density at radius 2 is 1.93 bits per heavy atom. The summed E-state index contributed by atoms with van der Waals surface area (Å²) in [6.07, 6.45) is 1.55. The number of nitrogens with one attached hydrogen (secondary N) is 1. The van der Waals surface area contributed by atoms with Gasteiger partial charge in [-0.1, -0.05) is 35.9 Å². The maximum atomic E-state index is 6.08. The quantitative estimate of drug-likeness (QED) is 0.527. The van der Waals surface area contributed by atoms with Crippen LogP contribution in [0.3, 0.4) is 0 Å². The van der Waals surface area contributed by atoms with Crippen LogP contribution in [0.5, 0.6) is 11.5 Å². The standard InChI is InChI=1S/C21H26N6O/c1-16-9-11-18(12-10-16)28-19-8-6-5-7-17(19)13-23-21(22-2)26(3)14-20-24-15-25-27(20)4/h5-12,15H,13-14H2,1-4H3,(H,22,23). The number of guanidine groups is 1. The van der Waals surface area contributed by atoms with Crippen molar-refractivity contribution >= 4 is 5.96 Å². The van der Waals surface area contributed by atoms with E-state index in [2.05, 4.69) is 27.3 Å². The number of para-hydroxylation sites is 1. The Morgan fingerprint density at radius 3 is 2.61 bits per heavy atom. The Balaban J connectivity index is 1.66. The van der Waals surface area contributed by atoms with Gasteiger partial charge in [-0.3, -0.25) is 9.67 Å². The molecule has 0 atom stereocenters.